The average molecular weight is 372 g/mol. The normalized spacial score (nSPS) is 11.3. The molecule has 0 aliphatic heterocycles. The second-order valence-corrected chi connectivity index (χ2v) is 5.94. The van der Waals surface area contributed by atoms with Gasteiger partial charge >= 0.3 is 6.18 Å². The van der Waals surface area contributed by atoms with Crippen LogP contribution in [0, 0.1) is 11.3 Å². The second kappa shape index (κ2) is 6.10. The van der Waals surface area contributed by atoms with Crippen molar-refractivity contribution in [3.8, 4) is 28.4 Å². The van der Waals surface area contributed by atoms with Gasteiger partial charge in [-0.25, -0.2) is 5.10 Å². The highest BCUT2D eigenvalue weighted by molar-refractivity contribution is 7.18. The van der Waals surface area contributed by atoms with E-state index in [-0.39, 0.29) is 32.4 Å². The number of nitrogens with zero attached hydrogens (tertiary/aromatic N) is 4. The van der Waals surface area contributed by atoms with Crippen LogP contribution in [-0.2, 0) is 6.18 Å². The van der Waals surface area contributed by atoms with Crippen molar-refractivity contribution < 1.29 is 17.9 Å². The predicted octanol–water partition coefficient (Wildman–Crippen LogP) is 4.26. The van der Waals surface area contributed by atoms with Crippen LogP contribution in [0.15, 0.2) is 24.3 Å². The van der Waals surface area contributed by atoms with E-state index in [1.807, 2.05) is 6.07 Å². The standard InChI is InChI=1S/C13H5ClF3N5OS/c14-11-10(9-8(5-18)20-22-21-9)19-12(24-11)23-7-3-1-2-6(4-7)13(15,16)17/h1-4H,(H,20,21,22). The molecule has 24 heavy (non-hydrogen) atoms. The van der Waals surface area contributed by atoms with E-state index in [1.165, 1.54) is 12.1 Å². The Labute approximate surface area is 141 Å². The molecule has 0 atom stereocenters. The number of ether oxygens (including phenoxy) is 1. The van der Waals surface area contributed by atoms with Gasteiger partial charge in [0.05, 0.1) is 5.56 Å². The fourth-order valence-corrected chi connectivity index (χ4v) is 2.78. The van der Waals surface area contributed by atoms with Gasteiger partial charge in [0, 0.05) is 0 Å². The molecule has 0 amide bonds. The van der Waals surface area contributed by atoms with E-state index >= 15 is 0 Å². The zero-order valence-corrected chi connectivity index (χ0v) is 13.0. The van der Waals surface area contributed by atoms with E-state index in [2.05, 4.69) is 20.4 Å². The number of benzene rings is 1. The molecule has 2 heterocycles. The van der Waals surface area contributed by atoms with Crippen molar-refractivity contribution in [2.45, 2.75) is 6.18 Å². The predicted molar refractivity (Wildman–Crippen MR) is 78.7 cm³/mol. The van der Waals surface area contributed by atoms with E-state index in [0.29, 0.717) is 0 Å². The number of rotatable bonds is 3. The number of aromatic amines is 1. The van der Waals surface area contributed by atoms with Crippen molar-refractivity contribution >= 4 is 22.9 Å². The van der Waals surface area contributed by atoms with Gasteiger partial charge in [0.25, 0.3) is 5.19 Å². The molecule has 0 aliphatic carbocycles. The van der Waals surface area contributed by atoms with Crippen LogP contribution in [0.2, 0.25) is 4.34 Å². The molecule has 2 aromatic heterocycles. The number of hydrogen-bond acceptors (Lipinski definition) is 6. The molecule has 1 aromatic carbocycles. The lowest BCUT2D eigenvalue weighted by Gasteiger charge is -2.08. The molecule has 122 valence electrons. The fraction of sp³-hybridized carbons (Fsp3) is 0.0769. The maximum Gasteiger partial charge on any atom is 0.416 e. The molecule has 6 nitrogen and oxygen atoms in total. The summed E-state index contributed by atoms with van der Waals surface area (Å²) in [6.07, 6.45) is -4.48. The molecule has 3 aromatic rings. The Hall–Kier alpha value is -2.64. The number of nitrogens with one attached hydrogen (secondary N) is 1. The summed E-state index contributed by atoms with van der Waals surface area (Å²) in [6, 6.07) is 6.21. The minimum Gasteiger partial charge on any atom is -0.431 e. The summed E-state index contributed by atoms with van der Waals surface area (Å²) in [6.45, 7) is 0. The Kier molecular flexibility index (Phi) is 4.13. The minimum absolute atomic E-state index is 0.0150. The van der Waals surface area contributed by atoms with E-state index in [1.54, 1.807) is 0 Å². The third-order valence-corrected chi connectivity index (χ3v) is 3.95. The first-order chi connectivity index (χ1) is 11.4. The molecular formula is C13H5ClF3N5OS. The van der Waals surface area contributed by atoms with E-state index in [4.69, 9.17) is 21.6 Å². The van der Waals surface area contributed by atoms with Crippen molar-refractivity contribution in [3.63, 3.8) is 0 Å². The van der Waals surface area contributed by atoms with Gasteiger partial charge in [-0.2, -0.15) is 23.4 Å². The second-order valence-electron chi connectivity index (χ2n) is 4.38. The van der Waals surface area contributed by atoms with Crippen LogP contribution in [0.5, 0.6) is 10.9 Å². The van der Waals surface area contributed by atoms with Crippen LogP contribution in [0.1, 0.15) is 11.3 Å². The quantitative estimate of drug-likeness (QED) is 0.743. The Bertz CT molecular complexity index is 930. The summed E-state index contributed by atoms with van der Waals surface area (Å²) in [7, 11) is 0. The van der Waals surface area contributed by atoms with Gasteiger partial charge in [-0.3, -0.25) is 0 Å². The molecule has 0 saturated carbocycles. The highest BCUT2D eigenvalue weighted by Gasteiger charge is 2.30. The average Bonchev–Trinajstić information content (AvgIpc) is 3.12. The summed E-state index contributed by atoms with van der Waals surface area (Å²) in [5.74, 6) is -0.0394. The van der Waals surface area contributed by atoms with Gasteiger partial charge in [0.2, 0.25) is 0 Å². The van der Waals surface area contributed by atoms with Crippen molar-refractivity contribution in [2.75, 3.05) is 0 Å². The summed E-state index contributed by atoms with van der Waals surface area (Å²) in [5.41, 5.74) is -0.481. The molecule has 0 radical (unpaired) electrons. The zero-order chi connectivity index (χ0) is 17.3. The maximum atomic E-state index is 12.7. The molecule has 0 aliphatic rings. The summed E-state index contributed by atoms with van der Waals surface area (Å²) in [4.78, 5) is 4.06. The molecule has 1 N–H and O–H groups in total. The number of aromatic nitrogens is 4. The van der Waals surface area contributed by atoms with Crippen molar-refractivity contribution in [1.29, 1.82) is 5.26 Å². The molecule has 11 heteroatoms. The molecule has 0 fully saturated rings. The van der Waals surface area contributed by atoms with E-state index in [0.717, 1.165) is 23.5 Å². The summed E-state index contributed by atoms with van der Waals surface area (Å²) in [5, 5.41) is 18.5. The lowest BCUT2D eigenvalue weighted by Crippen LogP contribution is -2.04. The summed E-state index contributed by atoms with van der Waals surface area (Å²) < 4.78 is 43.6. The van der Waals surface area contributed by atoms with Gasteiger partial charge in [-0.1, -0.05) is 34.2 Å². The van der Waals surface area contributed by atoms with E-state index in [9.17, 15) is 13.2 Å². The third kappa shape index (κ3) is 3.17. The van der Waals surface area contributed by atoms with E-state index < -0.39 is 11.7 Å². The first-order valence-corrected chi connectivity index (χ1v) is 7.41. The maximum absolute atomic E-state index is 12.7. The van der Waals surface area contributed by atoms with Gasteiger partial charge in [-0.05, 0) is 18.2 Å². The molecule has 0 spiro atoms. The Morgan fingerprint density at radius 2 is 2.08 bits per heavy atom. The first-order valence-electron chi connectivity index (χ1n) is 6.21. The lowest BCUT2D eigenvalue weighted by atomic mass is 10.2. The SMILES string of the molecule is N#Cc1[nH]nnc1-c1nc(Oc2cccc(C(F)(F)F)c2)sc1Cl. The minimum atomic E-state index is -4.48. The van der Waals surface area contributed by atoms with Crippen LogP contribution in [0.25, 0.3) is 11.4 Å². The van der Waals surface area contributed by atoms with Gasteiger partial charge in [0.15, 0.2) is 11.4 Å². The molecule has 0 bridgehead atoms. The topological polar surface area (TPSA) is 87.5 Å². The largest absolute Gasteiger partial charge is 0.431 e. The number of hydrogen-bond donors (Lipinski definition) is 1. The first kappa shape index (κ1) is 16.2. The van der Waals surface area contributed by atoms with Crippen LogP contribution in [-0.4, -0.2) is 20.4 Å². The lowest BCUT2D eigenvalue weighted by molar-refractivity contribution is -0.137. The summed E-state index contributed by atoms with van der Waals surface area (Å²) >= 11 is 6.94. The van der Waals surface area contributed by atoms with Gasteiger partial charge < -0.3 is 4.74 Å². The van der Waals surface area contributed by atoms with Crippen molar-refractivity contribution in [1.82, 2.24) is 20.4 Å². The van der Waals surface area contributed by atoms with Gasteiger partial charge in [0.1, 0.15) is 21.8 Å². The molecular weight excluding hydrogens is 367 g/mol. The number of thiazole rings is 1. The molecule has 0 unspecified atom stereocenters. The highest BCUT2D eigenvalue weighted by Crippen LogP contribution is 2.39. The molecule has 0 saturated heterocycles. The smallest absolute Gasteiger partial charge is 0.416 e. The number of nitriles is 1. The Morgan fingerprint density at radius 3 is 2.79 bits per heavy atom. The Morgan fingerprint density at radius 1 is 1.29 bits per heavy atom. The number of H-pyrrole nitrogens is 1. The van der Waals surface area contributed by atoms with Crippen LogP contribution < -0.4 is 4.74 Å². The number of halogens is 4. The fourth-order valence-electron chi connectivity index (χ4n) is 1.78. The van der Waals surface area contributed by atoms with Crippen LogP contribution in [0.4, 0.5) is 13.2 Å². The molecule has 3 rings (SSSR count). The monoisotopic (exact) mass is 371 g/mol. The Balaban J connectivity index is 1.91. The van der Waals surface area contributed by atoms with Gasteiger partial charge in [-0.15, -0.1) is 5.10 Å². The van der Waals surface area contributed by atoms with Crippen LogP contribution in [0.3, 0.4) is 0 Å². The third-order valence-electron chi connectivity index (χ3n) is 2.82. The highest BCUT2D eigenvalue weighted by atomic mass is 35.5. The van der Waals surface area contributed by atoms with Crippen molar-refractivity contribution in [3.05, 3.63) is 39.9 Å². The van der Waals surface area contributed by atoms with Crippen molar-refractivity contribution in [2.24, 2.45) is 0 Å². The van der Waals surface area contributed by atoms with Crippen LogP contribution >= 0.6 is 22.9 Å². The number of alkyl halides is 3. The zero-order valence-electron chi connectivity index (χ0n) is 11.4.